The van der Waals surface area contributed by atoms with Crippen molar-refractivity contribution in [3.05, 3.63) is 0 Å². The van der Waals surface area contributed by atoms with E-state index in [1.807, 2.05) is 0 Å². The molecular weight excluding hydrogens is 204 g/mol. The summed E-state index contributed by atoms with van der Waals surface area (Å²) in [5.74, 6) is 0. The first-order valence-corrected chi connectivity index (χ1v) is 10.7. The summed E-state index contributed by atoms with van der Waals surface area (Å²) in [5, 5.41) is 0. The second kappa shape index (κ2) is 6.11. The Morgan fingerprint density at radius 1 is 1.08 bits per heavy atom. The molecule has 0 radical (unpaired) electrons. The summed E-state index contributed by atoms with van der Waals surface area (Å²) in [6.07, 6.45) is 3.14. The quantitative estimate of drug-likeness (QED) is 0.651. The van der Waals surface area contributed by atoms with E-state index in [9.17, 15) is 0 Å². The standard InChI is InChI=1S/C6H14N.C4H8.Ga/c1-4-7(5-2)6-3;1-3-4-2;/h1,4-6H2,2-3H3;1-4H2;. The molecule has 0 aromatic rings. The van der Waals surface area contributed by atoms with Crippen LogP contribution in [-0.4, -0.2) is 40.8 Å². The molecule has 1 aliphatic heterocycles. The van der Waals surface area contributed by atoms with Gasteiger partial charge in [0, 0.05) is 0 Å². The first kappa shape index (κ1) is 10.7. The summed E-state index contributed by atoms with van der Waals surface area (Å²) in [4.78, 5) is 7.60. The van der Waals surface area contributed by atoms with Crippen LogP contribution in [0.25, 0.3) is 0 Å². The zero-order chi connectivity index (χ0) is 8.81. The third-order valence-corrected chi connectivity index (χ3v) is 10.6. The van der Waals surface area contributed by atoms with Crippen molar-refractivity contribution < 1.29 is 0 Å². The van der Waals surface area contributed by atoms with E-state index >= 15 is 0 Å². The molecule has 0 amide bonds. The molecule has 1 saturated heterocycles. The van der Waals surface area contributed by atoms with E-state index in [-0.39, 0.29) is 0 Å². The van der Waals surface area contributed by atoms with Crippen molar-refractivity contribution in [1.82, 2.24) is 4.90 Å². The molecule has 1 nitrogen and oxygen atoms in total. The Balaban J connectivity index is 2.06. The Labute approximate surface area is 82.6 Å². The monoisotopic (exact) mass is 225 g/mol. The molecule has 70 valence electrons. The Morgan fingerprint density at radius 3 is 2.17 bits per heavy atom. The van der Waals surface area contributed by atoms with Crippen LogP contribution in [0, 0.1) is 0 Å². The third kappa shape index (κ3) is 3.54. The van der Waals surface area contributed by atoms with E-state index in [4.69, 9.17) is 0 Å². The predicted octanol–water partition coefficient (Wildman–Crippen LogP) is 2.62. The van der Waals surface area contributed by atoms with Gasteiger partial charge in [-0.15, -0.1) is 0 Å². The van der Waals surface area contributed by atoms with E-state index in [0.29, 0.717) is 0 Å². The fraction of sp³-hybridized carbons (Fsp3) is 1.00. The molecule has 0 aliphatic carbocycles. The molecule has 2 heteroatoms. The molecule has 0 spiro atoms. The minimum absolute atomic E-state index is 0.650. The predicted molar refractivity (Wildman–Crippen MR) is 57.2 cm³/mol. The number of hydrogen-bond acceptors (Lipinski definition) is 1. The summed E-state index contributed by atoms with van der Waals surface area (Å²) in [7, 11) is 0. The molecule has 1 aliphatic rings. The van der Waals surface area contributed by atoms with Gasteiger partial charge in [0.15, 0.2) is 0 Å². The SMILES string of the molecule is CCN(CC)C[CH2][Ga]1[CH2]CC[CH2]1. The summed E-state index contributed by atoms with van der Waals surface area (Å²) in [5.41, 5.74) is 0. The minimum atomic E-state index is -0.650. The number of hydrogen-bond donors (Lipinski definition) is 0. The second-order valence-corrected chi connectivity index (χ2v) is 11.2. The van der Waals surface area contributed by atoms with Crippen molar-refractivity contribution in [3.8, 4) is 0 Å². The fourth-order valence-corrected chi connectivity index (χ4v) is 9.19. The molecule has 1 fully saturated rings. The zero-order valence-electron chi connectivity index (χ0n) is 8.68. The Morgan fingerprint density at radius 2 is 1.67 bits per heavy atom. The molecule has 0 bridgehead atoms. The zero-order valence-corrected chi connectivity index (χ0v) is 11.1. The molecule has 0 saturated carbocycles. The van der Waals surface area contributed by atoms with E-state index in [1.165, 1.54) is 19.6 Å². The molecular formula is C10H22GaN. The van der Waals surface area contributed by atoms with Crippen LogP contribution in [0.5, 0.6) is 0 Å². The average molecular weight is 226 g/mol. The van der Waals surface area contributed by atoms with Crippen LogP contribution in [0.15, 0.2) is 0 Å². The van der Waals surface area contributed by atoms with Crippen molar-refractivity contribution in [3.63, 3.8) is 0 Å². The van der Waals surface area contributed by atoms with Gasteiger partial charge in [0.1, 0.15) is 0 Å². The Bertz CT molecular complexity index is 104. The molecule has 0 atom stereocenters. The normalized spacial score (nSPS) is 17.8. The van der Waals surface area contributed by atoms with Crippen molar-refractivity contribution in [2.45, 2.75) is 41.6 Å². The number of nitrogens with zero attached hydrogens (tertiary/aromatic N) is 1. The maximum atomic E-state index is 2.59. The van der Waals surface area contributed by atoms with Gasteiger partial charge in [0.25, 0.3) is 0 Å². The fourth-order valence-electron chi connectivity index (χ4n) is 2.20. The van der Waals surface area contributed by atoms with E-state index in [0.717, 1.165) is 0 Å². The third-order valence-electron chi connectivity index (χ3n) is 3.22. The van der Waals surface area contributed by atoms with Gasteiger partial charge in [-0.1, -0.05) is 0 Å². The van der Waals surface area contributed by atoms with Crippen molar-refractivity contribution in [2.24, 2.45) is 0 Å². The summed E-state index contributed by atoms with van der Waals surface area (Å²) in [6.45, 7) is 8.49. The van der Waals surface area contributed by atoms with Crippen LogP contribution in [0.4, 0.5) is 0 Å². The van der Waals surface area contributed by atoms with Crippen LogP contribution in [0.1, 0.15) is 26.7 Å². The Hall–Kier alpha value is 0.596. The molecule has 0 unspecified atom stereocenters. The molecule has 1 heterocycles. The van der Waals surface area contributed by atoms with E-state index in [2.05, 4.69) is 18.7 Å². The van der Waals surface area contributed by atoms with Gasteiger partial charge in [0.05, 0.1) is 0 Å². The molecule has 0 N–H and O–H groups in total. The van der Waals surface area contributed by atoms with E-state index < -0.39 is 16.2 Å². The molecule has 1 rings (SSSR count). The topological polar surface area (TPSA) is 3.24 Å². The number of rotatable bonds is 5. The van der Waals surface area contributed by atoms with Crippen molar-refractivity contribution in [2.75, 3.05) is 19.6 Å². The average Bonchev–Trinajstić information content (AvgIpc) is 2.59. The van der Waals surface area contributed by atoms with Crippen LogP contribution in [-0.2, 0) is 0 Å². The van der Waals surface area contributed by atoms with Gasteiger partial charge < -0.3 is 0 Å². The summed E-state index contributed by atoms with van der Waals surface area (Å²) < 4.78 is 0. The molecule has 0 aromatic heterocycles. The summed E-state index contributed by atoms with van der Waals surface area (Å²) >= 11 is -0.650. The summed E-state index contributed by atoms with van der Waals surface area (Å²) in [6, 6.07) is 0. The van der Waals surface area contributed by atoms with Crippen LogP contribution < -0.4 is 0 Å². The molecule has 12 heavy (non-hydrogen) atoms. The van der Waals surface area contributed by atoms with Gasteiger partial charge in [-0.25, -0.2) is 0 Å². The van der Waals surface area contributed by atoms with Crippen molar-refractivity contribution in [1.29, 1.82) is 0 Å². The van der Waals surface area contributed by atoms with Crippen LogP contribution in [0.3, 0.4) is 0 Å². The van der Waals surface area contributed by atoms with Gasteiger partial charge in [-0.2, -0.15) is 0 Å². The maximum absolute atomic E-state index is 2.59. The van der Waals surface area contributed by atoms with Gasteiger partial charge in [0.2, 0.25) is 0 Å². The first-order chi connectivity index (χ1) is 5.86. The Kier molecular flexibility index (Phi) is 5.44. The second-order valence-electron chi connectivity index (χ2n) is 3.97. The van der Waals surface area contributed by atoms with Gasteiger partial charge in [-0.05, 0) is 0 Å². The van der Waals surface area contributed by atoms with Crippen LogP contribution >= 0.6 is 0 Å². The first-order valence-electron chi connectivity index (χ1n) is 5.59. The van der Waals surface area contributed by atoms with Gasteiger partial charge in [-0.3, -0.25) is 0 Å². The molecule has 0 aromatic carbocycles. The van der Waals surface area contributed by atoms with Gasteiger partial charge >= 0.3 is 82.4 Å². The van der Waals surface area contributed by atoms with Crippen LogP contribution in [0.2, 0.25) is 14.9 Å². The van der Waals surface area contributed by atoms with E-state index in [1.54, 1.807) is 27.8 Å². The van der Waals surface area contributed by atoms with Crippen molar-refractivity contribution >= 4 is 16.2 Å².